The molecule has 0 aromatic rings. The van der Waals surface area contributed by atoms with Gasteiger partial charge in [-0.2, -0.15) is 11.8 Å². The molecule has 0 radical (unpaired) electrons. The van der Waals surface area contributed by atoms with Gasteiger partial charge in [-0.15, -0.1) is 0 Å². The standard InChI is InChI=1S/C26H44N2O4S/c1-8-21(6)24(27-22(7)29)25(30)28-23(26(31)32)17-33-16-15-20(5)14-10-13-19(4)12-9-11-18(2)3/h11,13,15,21,23-24H,8-10,12,14,16-17H2,1-7H3,(H,27,29)(H,28,30)(H,31,32)/b19-13+,20-15+/t21-,23-,24-/m0/s1. The number of nitrogens with one attached hydrogen (secondary N) is 2. The van der Waals surface area contributed by atoms with Gasteiger partial charge in [-0.05, 0) is 59.3 Å². The first-order chi connectivity index (χ1) is 15.5. The highest BCUT2D eigenvalue weighted by atomic mass is 32.2. The molecule has 0 saturated carbocycles. The number of carbonyl (C=O) groups is 3. The second-order valence-corrected chi connectivity index (χ2v) is 10.0. The fourth-order valence-electron chi connectivity index (χ4n) is 3.08. The Morgan fingerprint density at radius 2 is 1.48 bits per heavy atom. The van der Waals surface area contributed by atoms with Crippen LogP contribution in [0.25, 0.3) is 0 Å². The van der Waals surface area contributed by atoms with E-state index in [0.29, 0.717) is 12.2 Å². The summed E-state index contributed by atoms with van der Waals surface area (Å²) in [4.78, 5) is 35.6. The van der Waals surface area contributed by atoms with Gasteiger partial charge in [0, 0.05) is 18.4 Å². The quantitative estimate of drug-likeness (QED) is 0.207. The van der Waals surface area contributed by atoms with Crippen molar-refractivity contribution in [3.05, 3.63) is 34.9 Å². The van der Waals surface area contributed by atoms with Crippen molar-refractivity contribution in [2.75, 3.05) is 11.5 Å². The molecule has 6 nitrogen and oxygen atoms in total. The van der Waals surface area contributed by atoms with Gasteiger partial charge < -0.3 is 15.7 Å². The summed E-state index contributed by atoms with van der Waals surface area (Å²) < 4.78 is 0. The molecule has 3 N–H and O–H groups in total. The maximum atomic E-state index is 12.6. The van der Waals surface area contributed by atoms with E-state index in [0.717, 1.165) is 25.7 Å². The molecule has 0 aliphatic carbocycles. The summed E-state index contributed by atoms with van der Waals surface area (Å²) in [5, 5.41) is 14.7. The van der Waals surface area contributed by atoms with Gasteiger partial charge >= 0.3 is 5.97 Å². The summed E-state index contributed by atoms with van der Waals surface area (Å²) in [6.45, 7) is 13.6. The van der Waals surface area contributed by atoms with E-state index in [4.69, 9.17) is 0 Å². The molecule has 33 heavy (non-hydrogen) atoms. The van der Waals surface area contributed by atoms with E-state index in [1.807, 2.05) is 13.8 Å². The van der Waals surface area contributed by atoms with Crippen LogP contribution >= 0.6 is 11.8 Å². The largest absolute Gasteiger partial charge is 0.480 e. The van der Waals surface area contributed by atoms with E-state index in [9.17, 15) is 19.5 Å². The van der Waals surface area contributed by atoms with Crippen LogP contribution in [0.4, 0.5) is 0 Å². The molecule has 188 valence electrons. The lowest BCUT2D eigenvalue weighted by atomic mass is 9.98. The zero-order chi connectivity index (χ0) is 25.4. The fraction of sp³-hybridized carbons (Fsp3) is 0.654. The average molecular weight is 481 g/mol. The van der Waals surface area contributed by atoms with E-state index >= 15 is 0 Å². The van der Waals surface area contributed by atoms with Crippen molar-refractivity contribution in [1.29, 1.82) is 0 Å². The highest BCUT2D eigenvalue weighted by molar-refractivity contribution is 7.99. The van der Waals surface area contributed by atoms with Gasteiger partial charge in [0.05, 0.1) is 0 Å². The third kappa shape index (κ3) is 15.4. The van der Waals surface area contributed by atoms with Crippen molar-refractivity contribution >= 4 is 29.5 Å². The predicted molar refractivity (Wildman–Crippen MR) is 139 cm³/mol. The zero-order valence-electron chi connectivity index (χ0n) is 21.5. The lowest BCUT2D eigenvalue weighted by Crippen LogP contribution is -2.54. The molecule has 0 spiro atoms. The minimum absolute atomic E-state index is 0.0912. The van der Waals surface area contributed by atoms with Gasteiger partial charge in [-0.3, -0.25) is 9.59 Å². The second kappa shape index (κ2) is 17.5. The van der Waals surface area contributed by atoms with Crippen molar-refractivity contribution in [2.45, 2.75) is 92.7 Å². The van der Waals surface area contributed by atoms with Gasteiger partial charge in [-0.1, -0.05) is 55.2 Å². The average Bonchev–Trinajstić information content (AvgIpc) is 2.72. The Bertz CT molecular complexity index is 724. The highest BCUT2D eigenvalue weighted by Crippen LogP contribution is 2.14. The Kier molecular flexibility index (Phi) is 16.4. The molecule has 0 heterocycles. The lowest BCUT2D eigenvalue weighted by molar-refractivity contribution is -0.141. The molecule has 3 atom stereocenters. The third-order valence-electron chi connectivity index (χ3n) is 5.43. The van der Waals surface area contributed by atoms with Crippen molar-refractivity contribution < 1.29 is 19.5 Å². The van der Waals surface area contributed by atoms with E-state index in [-0.39, 0.29) is 17.6 Å². The summed E-state index contributed by atoms with van der Waals surface area (Å²) in [6.07, 6.45) is 11.5. The maximum absolute atomic E-state index is 12.6. The number of amides is 2. The molecule has 0 fully saturated rings. The minimum atomic E-state index is -1.07. The number of allylic oxidation sites excluding steroid dienone is 5. The van der Waals surface area contributed by atoms with Crippen LogP contribution in [-0.2, 0) is 14.4 Å². The van der Waals surface area contributed by atoms with Crippen LogP contribution < -0.4 is 10.6 Å². The van der Waals surface area contributed by atoms with Crippen LogP contribution in [0, 0.1) is 5.92 Å². The number of rotatable bonds is 16. The molecule has 0 aromatic heterocycles. The van der Waals surface area contributed by atoms with Gasteiger partial charge in [-0.25, -0.2) is 4.79 Å². The molecular weight excluding hydrogens is 436 g/mol. The first-order valence-corrected chi connectivity index (χ1v) is 13.0. The fourth-order valence-corrected chi connectivity index (χ4v) is 4.08. The summed E-state index contributed by atoms with van der Waals surface area (Å²) in [5.74, 6) is -0.972. The topological polar surface area (TPSA) is 95.5 Å². The number of carboxylic acids is 1. The molecule has 0 saturated heterocycles. The zero-order valence-corrected chi connectivity index (χ0v) is 22.3. The SMILES string of the molecule is CC[C@H](C)[C@H](NC(C)=O)C(=O)N[C@@H](CSC/C=C(\C)CC/C=C(\C)CCC=C(C)C)C(=O)O. The molecule has 0 aromatic carbocycles. The Morgan fingerprint density at radius 3 is 2.00 bits per heavy atom. The second-order valence-electron chi connectivity index (χ2n) is 8.96. The Labute approximate surface area is 204 Å². The van der Waals surface area contributed by atoms with Gasteiger partial charge in [0.25, 0.3) is 0 Å². The lowest BCUT2D eigenvalue weighted by Gasteiger charge is -2.24. The van der Waals surface area contributed by atoms with Crippen molar-refractivity contribution in [3.63, 3.8) is 0 Å². The number of hydrogen-bond donors (Lipinski definition) is 3. The minimum Gasteiger partial charge on any atom is -0.480 e. The number of carboxylic acid groups (broad SMARTS) is 1. The highest BCUT2D eigenvalue weighted by Gasteiger charge is 2.28. The molecule has 2 amide bonds. The first-order valence-electron chi connectivity index (χ1n) is 11.8. The predicted octanol–water partition coefficient (Wildman–Crippen LogP) is 5.26. The third-order valence-corrected chi connectivity index (χ3v) is 6.40. The first kappa shape index (κ1) is 31.0. The molecule has 0 aliphatic heterocycles. The van der Waals surface area contributed by atoms with Crippen molar-refractivity contribution in [3.8, 4) is 0 Å². The Morgan fingerprint density at radius 1 is 0.909 bits per heavy atom. The smallest absolute Gasteiger partial charge is 0.327 e. The number of carbonyl (C=O) groups excluding carboxylic acids is 2. The summed E-state index contributed by atoms with van der Waals surface area (Å²) in [5.41, 5.74) is 4.03. The molecule has 0 bridgehead atoms. The van der Waals surface area contributed by atoms with Crippen LogP contribution in [-0.4, -0.2) is 46.5 Å². The van der Waals surface area contributed by atoms with Crippen LogP contribution in [0.5, 0.6) is 0 Å². The molecule has 0 unspecified atom stereocenters. The molecule has 7 heteroatoms. The van der Waals surface area contributed by atoms with Crippen molar-refractivity contribution in [1.82, 2.24) is 10.6 Å². The van der Waals surface area contributed by atoms with Gasteiger partial charge in [0.15, 0.2) is 0 Å². The van der Waals surface area contributed by atoms with E-state index in [2.05, 4.69) is 56.6 Å². The van der Waals surface area contributed by atoms with Gasteiger partial charge in [0.2, 0.25) is 11.8 Å². The van der Waals surface area contributed by atoms with E-state index < -0.39 is 24.0 Å². The van der Waals surface area contributed by atoms with Crippen LogP contribution in [0.3, 0.4) is 0 Å². The normalized spacial score (nSPS) is 14.8. The molecule has 0 aliphatic rings. The van der Waals surface area contributed by atoms with Gasteiger partial charge in [0.1, 0.15) is 12.1 Å². The maximum Gasteiger partial charge on any atom is 0.327 e. The number of hydrogen-bond acceptors (Lipinski definition) is 4. The van der Waals surface area contributed by atoms with Crippen LogP contribution in [0.15, 0.2) is 34.9 Å². The Balaban J connectivity index is 4.58. The Hall–Kier alpha value is -2.02. The summed E-state index contributed by atoms with van der Waals surface area (Å²) in [6, 6.07) is -1.73. The molecular formula is C26H44N2O4S. The van der Waals surface area contributed by atoms with E-state index in [1.54, 1.807) is 0 Å². The number of aliphatic carboxylic acids is 1. The van der Waals surface area contributed by atoms with Crippen molar-refractivity contribution in [2.24, 2.45) is 5.92 Å². The van der Waals surface area contributed by atoms with E-state index in [1.165, 1.54) is 35.4 Å². The number of thioether (sulfide) groups is 1. The summed E-state index contributed by atoms with van der Waals surface area (Å²) in [7, 11) is 0. The van der Waals surface area contributed by atoms with Crippen LogP contribution in [0.2, 0.25) is 0 Å². The molecule has 0 rings (SSSR count). The summed E-state index contributed by atoms with van der Waals surface area (Å²) >= 11 is 1.47. The monoisotopic (exact) mass is 480 g/mol. The van der Waals surface area contributed by atoms with Crippen LogP contribution in [0.1, 0.15) is 80.6 Å².